The molecule has 0 N–H and O–H groups in total. The van der Waals surface area contributed by atoms with Crippen molar-refractivity contribution < 1.29 is 33.3 Å². The van der Waals surface area contributed by atoms with Gasteiger partial charge in [-0.2, -0.15) is 0 Å². The number of Topliss-reactive ketones (excluding diaryl/α,β-unsaturated/α-hetero) is 2. The molecule has 1 aliphatic rings. The molecule has 0 aromatic heterocycles. The molecule has 0 spiro atoms. The zero-order valence-electron chi connectivity index (χ0n) is 14.0. The van der Waals surface area contributed by atoms with E-state index in [0.29, 0.717) is 28.4 Å². The van der Waals surface area contributed by atoms with Crippen LogP contribution in [0.15, 0.2) is 42.5 Å². The standard InChI is InChI=1S/C19H16O7/c1-12(20)13-3-2-4-15(7-13)23-10-19(22)24-9-16(21)14-5-6-17-18(8-14)26-11-25-17/h2-8H,9-11H2,1H3. The van der Waals surface area contributed by atoms with Crippen LogP contribution in [0, 0.1) is 0 Å². The van der Waals surface area contributed by atoms with Crippen LogP contribution in [0.2, 0.25) is 0 Å². The van der Waals surface area contributed by atoms with E-state index in [2.05, 4.69) is 0 Å². The fourth-order valence-corrected chi connectivity index (χ4v) is 2.29. The summed E-state index contributed by atoms with van der Waals surface area (Å²) in [5, 5.41) is 0. The average molecular weight is 356 g/mol. The first-order valence-electron chi connectivity index (χ1n) is 7.85. The molecule has 7 nitrogen and oxygen atoms in total. The Morgan fingerprint density at radius 1 is 0.962 bits per heavy atom. The molecule has 1 heterocycles. The zero-order chi connectivity index (χ0) is 18.5. The molecule has 2 aromatic carbocycles. The Bertz CT molecular complexity index is 857. The van der Waals surface area contributed by atoms with Crippen molar-refractivity contribution >= 4 is 17.5 Å². The topological polar surface area (TPSA) is 88.1 Å². The van der Waals surface area contributed by atoms with Gasteiger partial charge in [0.05, 0.1) is 0 Å². The van der Waals surface area contributed by atoms with Gasteiger partial charge in [-0.05, 0) is 37.3 Å². The predicted octanol–water partition coefficient (Wildman–Crippen LogP) is 2.42. The highest BCUT2D eigenvalue weighted by atomic mass is 16.7. The van der Waals surface area contributed by atoms with Crippen molar-refractivity contribution in [3.8, 4) is 17.2 Å². The maximum absolute atomic E-state index is 12.1. The third kappa shape index (κ3) is 4.18. The summed E-state index contributed by atoms with van der Waals surface area (Å²) in [5.74, 6) is 0.266. The second-order valence-electron chi connectivity index (χ2n) is 5.52. The maximum atomic E-state index is 12.1. The average Bonchev–Trinajstić information content (AvgIpc) is 3.12. The number of hydrogen-bond donors (Lipinski definition) is 0. The summed E-state index contributed by atoms with van der Waals surface area (Å²) in [6, 6.07) is 11.2. The SMILES string of the molecule is CC(=O)c1cccc(OCC(=O)OCC(=O)c2ccc3c(c2)OCO3)c1. The number of benzene rings is 2. The van der Waals surface area contributed by atoms with Crippen LogP contribution in [0.25, 0.3) is 0 Å². The Balaban J connectivity index is 1.49. The molecule has 0 unspecified atom stereocenters. The minimum absolute atomic E-state index is 0.104. The maximum Gasteiger partial charge on any atom is 0.344 e. The Kier molecular flexibility index (Phi) is 5.17. The molecule has 3 rings (SSSR count). The predicted molar refractivity (Wildman–Crippen MR) is 89.8 cm³/mol. The smallest absolute Gasteiger partial charge is 0.344 e. The fraction of sp³-hybridized carbons (Fsp3) is 0.211. The second-order valence-corrected chi connectivity index (χ2v) is 5.52. The molecule has 0 bridgehead atoms. The Hall–Kier alpha value is -3.35. The molecule has 134 valence electrons. The lowest BCUT2D eigenvalue weighted by Crippen LogP contribution is -2.19. The monoisotopic (exact) mass is 356 g/mol. The van der Waals surface area contributed by atoms with E-state index in [1.807, 2.05) is 0 Å². The minimum Gasteiger partial charge on any atom is -0.482 e. The van der Waals surface area contributed by atoms with Gasteiger partial charge >= 0.3 is 5.97 Å². The highest BCUT2D eigenvalue weighted by Gasteiger charge is 2.17. The zero-order valence-corrected chi connectivity index (χ0v) is 14.0. The Labute approximate surface area is 149 Å². The first-order valence-corrected chi connectivity index (χ1v) is 7.85. The molecule has 0 atom stereocenters. The van der Waals surface area contributed by atoms with Gasteiger partial charge in [0.2, 0.25) is 6.79 Å². The van der Waals surface area contributed by atoms with Gasteiger partial charge < -0.3 is 18.9 Å². The van der Waals surface area contributed by atoms with Gasteiger partial charge in [-0.25, -0.2) is 4.79 Å². The second kappa shape index (κ2) is 7.69. The van der Waals surface area contributed by atoms with Crippen molar-refractivity contribution in [2.24, 2.45) is 0 Å². The molecule has 26 heavy (non-hydrogen) atoms. The van der Waals surface area contributed by atoms with Crippen molar-refractivity contribution in [1.82, 2.24) is 0 Å². The van der Waals surface area contributed by atoms with Gasteiger partial charge in [0.15, 0.2) is 36.3 Å². The van der Waals surface area contributed by atoms with Crippen molar-refractivity contribution in [2.45, 2.75) is 6.92 Å². The molecular weight excluding hydrogens is 340 g/mol. The summed E-state index contributed by atoms with van der Waals surface area (Å²) < 4.78 is 20.6. The van der Waals surface area contributed by atoms with Gasteiger partial charge in [-0.15, -0.1) is 0 Å². The lowest BCUT2D eigenvalue weighted by molar-refractivity contribution is -0.144. The third-order valence-corrected chi connectivity index (χ3v) is 3.66. The van der Waals surface area contributed by atoms with E-state index in [9.17, 15) is 14.4 Å². The normalized spacial score (nSPS) is 11.7. The van der Waals surface area contributed by atoms with E-state index in [1.165, 1.54) is 13.0 Å². The van der Waals surface area contributed by atoms with Gasteiger partial charge in [0.1, 0.15) is 5.75 Å². The van der Waals surface area contributed by atoms with Crippen LogP contribution in [0.3, 0.4) is 0 Å². The number of rotatable bonds is 7. The number of hydrogen-bond acceptors (Lipinski definition) is 7. The molecule has 0 saturated heterocycles. The summed E-state index contributed by atoms with van der Waals surface area (Å²) >= 11 is 0. The Morgan fingerprint density at radius 3 is 2.58 bits per heavy atom. The van der Waals surface area contributed by atoms with Crippen LogP contribution in [-0.2, 0) is 9.53 Å². The van der Waals surface area contributed by atoms with Gasteiger partial charge in [-0.1, -0.05) is 12.1 Å². The number of carbonyl (C=O) groups excluding carboxylic acids is 3. The summed E-state index contributed by atoms with van der Waals surface area (Å²) in [7, 11) is 0. The van der Waals surface area contributed by atoms with E-state index in [-0.39, 0.29) is 25.0 Å². The summed E-state index contributed by atoms with van der Waals surface area (Å²) in [4.78, 5) is 35.2. The number of esters is 1. The molecular formula is C19H16O7. The van der Waals surface area contributed by atoms with E-state index >= 15 is 0 Å². The number of ether oxygens (including phenoxy) is 4. The van der Waals surface area contributed by atoms with Crippen LogP contribution in [-0.4, -0.2) is 37.5 Å². The molecule has 0 saturated carbocycles. The lowest BCUT2D eigenvalue weighted by Gasteiger charge is -2.08. The lowest BCUT2D eigenvalue weighted by atomic mass is 10.1. The fourth-order valence-electron chi connectivity index (χ4n) is 2.29. The van der Waals surface area contributed by atoms with E-state index in [4.69, 9.17) is 18.9 Å². The largest absolute Gasteiger partial charge is 0.482 e. The highest BCUT2D eigenvalue weighted by molar-refractivity contribution is 5.98. The van der Waals surface area contributed by atoms with Gasteiger partial charge in [0.25, 0.3) is 0 Å². The minimum atomic E-state index is -0.688. The Morgan fingerprint density at radius 2 is 1.77 bits per heavy atom. The molecule has 0 radical (unpaired) electrons. The molecule has 2 aromatic rings. The summed E-state index contributed by atoms with van der Waals surface area (Å²) in [6.45, 7) is 0.782. The van der Waals surface area contributed by atoms with Crippen LogP contribution < -0.4 is 14.2 Å². The van der Waals surface area contributed by atoms with Crippen LogP contribution in [0.4, 0.5) is 0 Å². The number of ketones is 2. The van der Waals surface area contributed by atoms with Crippen LogP contribution in [0.5, 0.6) is 17.2 Å². The van der Waals surface area contributed by atoms with E-state index in [0.717, 1.165) is 0 Å². The van der Waals surface area contributed by atoms with Crippen LogP contribution >= 0.6 is 0 Å². The van der Waals surface area contributed by atoms with Crippen molar-refractivity contribution in [3.63, 3.8) is 0 Å². The van der Waals surface area contributed by atoms with Crippen molar-refractivity contribution in [3.05, 3.63) is 53.6 Å². The van der Waals surface area contributed by atoms with E-state index < -0.39 is 12.6 Å². The van der Waals surface area contributed by atoms with Crippen LogP contribution in [0.1, 0.15) is 27.6 Å². The summed E-state index contributed by atoms with van der Waals surface area (Å²) in [5.41, 5.74) is 0.839. The molecule has 0 aliphatic carbocycles. The van der Waals surface area contributed by atoms with Gasteiger partial charge in [-0.3, -0.25) is 9.59 Å². The van der Waals surface area contributed by atoms with Gasteiger partial charge in [0, 0.05) is 11.1 Å². The first kappa shape index (κ1) is 17.5. The first-order chi connectivity index (χ1) is 12.5. The van der Waals surface area contributed by atoms with Crippen molar-refractivity contribution in [2.75, 3.05) is 20.0 Å². The molecule has 0 amide bonds. The number of carbonyl (C=O) groups is 3. The van der Waals surface area contributed by atoms with E-state index in [1.54, 1.807) is 36.4 Å². The summed E-state index contributed by atoms with van der Waals surface area (Å²) in [6.07, 6.45) is 0. The highest BCUT2D eigenvalue weighted by Crippen LogP contribution is 2.32. The number of fused-ring (bicyclic) bond motifs is 1. The third-order valence-electron chi connectivity index (χ3n) is 3.66. The molecule has 7 heteroatoms. The van der Waals surface area contributed by atoms with Crippen molar-refractivity contribution in [1.29, 1.82) is 0 Å². The molecule has 1 aliphatic heterocycles. The quantitative estimate of drug-likeness (QED) is 0.556. The molecule has 0 fully saturated rings.